The predicted octanol–water partition coefficient (Wildman–Crippen LogP) is -2.53. The summed E-state index contributed by atoms with van der Waals surface area (Å²) in [6, 6.07) is -4.65. The molecule has 0 aliphatic carbocycles. The van der Waals surface area contributed by atoms with Gasteiger partial charge in [-0.25, -0.2) is 9.78 Å². The maximum atomic E-state index is 12.6. The van der Waals surface area contributed by atoms with Gasteiger partial charge in [-0.2, -0.15) is 11.8 Å². The number of carboxylic acid groups (broad SMARTS) is 1. The number of aliphatic carboxylic acids is 1. The smallest absolute Gasteiger partial charge is 0.326 e. The summed E-state index contributed by atoms with van der Waals surface area (Å²) in [7, 11) is 0. The normalized spacial score (nSPS) is 14.5. The topological polar surface area (TPSA) is 222 Å². The van der Waals surface area contributed by atoms with Gasteiger partial charge in [0.15, 0.2) is 0 Å². The molecule has 0 radical (unpaired) electrons. The summed E-state index contributed by atoms with van der Waals surface area (Å²) in [5.41, 5.74) is 11.6. The number of aromatic amines is 1. The van der Waals surface area contributed by atoms with Crippen molar-refractivity contribution in [3.63, 3.8) is 0 Å². The Bertz CT molecular complexity index is 804. The van der Waals surface area contributed by atoms with Crippen molar-refractivity contribution in [3.8, 4) is 0 Å². The molecule has 0 saturated carbocycles. The van der Waals surface area contributed by atoms with Gasteiger partial charge in [0, 0.05) is 18.3 Å². The number of nitrogens with two attached hydrogens (primary N) is 2. The van der Waals surface area contributed by atoms with E-state index in [4.69, 9.17) is 11.5 Å². The average Bonchev–Trinajstić information content (AvgIpc) is 3.22. The molecule has 4 atom stereocenters. The number of primary amides is 1. The van der Waals surface area contributed by atoms with Crippen LogP contribution in [0.15, 0.2) is 12.5 Å². The Balaban J connectivity index is 2.73. The van der Waals surface area contributed by atoms with Crippen LogP contribution >= 0.6 is 11.8 Å². The maximum absolute atomic E-state index is 12.6. The van der Waals surface area contributed by atoms with Crippen molar-refractivity contribution in [1.82, 2.24) is 25.9 Å². The van der Waals surface area contributed by atoms with E-state index in [1.165, 1.54) is 31.2 Å². The molecule has 14 heteroatoms. The van der Waals surface area contributed by atoms with Crippen molar-refractivity contribution < 1.29 is 29.1 Å². The maximum Gasteiger partial charge on any atom is 0.326 e. The summed E-state index contributed by atoms with van der Waals surface area (Å²) >= 11 is 1.43. The highest BCUT2D eigenvalue weighted by atomic mass is 32.2. The Morgan fingerprint density at radius 3 is 2.31 bits per heavy atom. The molecule has 0 fully saturated rings. The summed E-state index contributed by atoms with van der Waals surface area (Å²) in [5.74, 6) is -3.81. The molecule has 0 saturated heterocycles. The van der Waals surface area contributed by atoms with Gasteiger partial charge in [-0.15, -0.1) is 0 Å². The minimum absolute atomic E-state index is 0.113. The van der Waals surface area contributed by atoms with E-state index in [0.717, 1.165) is 0 Å². The standard InChI is InChI=1S/C18H29N7O6S/c1-9(15(27)24-12(18(30)31)3-4-32-2)23-17(29)13(6-14(20)26)25-16(28)11(19)5-10-7-21-8-22-10/h7-9,11-13H,3-6,19H2,1-2H3,(H2,20,26)(H,21,22)(H,23,29)(H,24,27)(H,25,28)(H,30,31). The number of carbonyl (C=O) groups excluding carboxylic acids is 4. The second-order valence-electron chi connectivity index (χ2n) is 7.03. The number of thioether (sulfide) groups is 1. The van der Waals surface area contributed by atoms with Crippen LogP contribution in [-0.2, 0) is 30.4 Å². The predicted molar refractivity (Wildman–Crippen MR) is 116 cm³/mol. The Labute approximate surface area is 188 Å². The van der Waals surface area contributed by atoms with Crippen LogP contribution in [0.2, 0.25) is 0 Å². The fourth-order valence-electron chi connectivity index (χ4n) is 2.58. The molecule has 0 bridgehead atoms. The van der Waals surface area contributed by atoms with Crippen LogP contribution in [0.5, 0.6) is 0 Å². The first-order chi connectivity index (χ1) is 15.0. The minimum Gasteiger partial charge on any atom is -0.480 e. The molecule has 178 valence electrons. The van der Waals surface area contributed by atoms with Crippen molar-refractivity contribution in [3.05, 3.63) is 18.2 Å². The SMILES string of the molecule is CSCCC(NC(=O)C(C)NC(=O)C(CC(N)=O)NC(=O)C(N)Cc1cnc[nH]1)C(=O)O. The summed E-state index contributed by atoms with van der Waals surface area (Å²) in [5, 5.41) is 16.3. The minimum atomic E-state index is -1.37. The molecular weight excluding hydrogens is 442 g/mol. The zero-order valence-electron chi connectivity index (χ0n) is 17.8. The first-order valence-corrected chi connectivity index (χ1v) is 11.1. The highest BCUT2D eigenvalue weighted by Gasteiger charge is 2.29. The Morgan fingerprint density at radius 2 is 1.78 bits per heavy atom. The molecule has 4 unspecified atom stereocenters. The highest BCUT2D eigenvalue weighted by molar-refractivity contribution is 7.98. The van der Waals surface area contributed by atoms with Crippen molar-refractivity contribution in [1.29, 1.82) is 0 Å². The molecule has 4 amide bonds. The van der Waals surface area contributed by atoms with E-state index in [-0.39, 0.29) is 12.8 Å². The summed E-state index contributed by atoms with van der Waals surface area (Å²) in [6.45, 7) is 1.34. The third kappa shape index (κ3) is 9.34. The van der Waals surface area contributed by atoms with Crippen LogP contribution in [0.4, 0.5) is 0 Å². The van der Waals surface area contributed by atoms with E-state index in [1.807, 2.05) is 0 Å². The number of hydrogen-bond donors (Lipinski definition) is 7. The number of H-pyrrole nitrogens is 1. The summed E-state index contributed by atoms with van der Waals surface area (Å²) < 4.78 is 0. The number of carboxylic acids is 1. The number of carbonyl (C=O) groups is 5. The molecular formula is C18H29N7O6S. The Morgan fingerprint density at radius 1 is 1.12 bits per heavy atom. The van der Waals surface area contributed by atoms with Gasteiger partial charge in [0.05, 0.1) is 18.8 Å². The summed E-state index contributed by atoms with van der Waals surface area (Å²) in [6.07, 6.45) is 4.52. The fourth-order valence-corrected chi connectivity index (χ4v) is 3.06. The Hall–Kier alpha value is -3.13. The molecule has 1 aromatic rings. The number of aromatic nitrogens is 2. The van der Waals surface area contributed by atoms with Gasteiger partial charge in [0.2, 0.25) is 23.6 Å². The number of imidazole rings is 1. The van der Waals surface area contributed by atoms with E-state index >= 15 is 0 Å². The molecule has 13 nitrogen and oxygen atoms in total. The van der Waals surface area contributed by atoms with Crippen molar-refractivity contribution in [2.45, 2.75) is 50.4 Å². The third-order valence-corrected chi connectivity index (χ3v) is 4.99. The lowest BCUT2D eigenvalue weighted by Gasteiger charge is -2.23. The van der Waals surface area contributed by atoms with Gasteiger partial charge in [-0.05, 0) is 25.4 Å². The number of hydrogen-bond acceptors (Lipinski definition) is 8. The van der Waals surface area contributed by atoms with E-state index in [2.05, 4.69) is 25.9 Å². The van der Waals surface area contributed by atoms with E-state index < -0.39 is 60.2 Å². The first-order valence-electron chi connectivity index (χ1n) is 9.69. The summed E-state index contributed by atoms with van der Waals surface area (Å²) in [4.78, 5) is 66.5. The van der Waals surface area contributed by atoms with Crippen LogP contribution in [-0.4, -0.2) is 80.8 Å². The van der Waals surface area contributed by atoms with Crippen molar-refractivity contribution in [2.75, 3.05) is 12.0 Å². The zero-order chi connectivity index (χ0) is 24.3. The molecule has 0 aliphatic heterocycles. The van der Waals surface area contributed by atoms with E-state index in [9.17, 15) is 29.1 Å². The molecule has 0 spiro atoms. The number of nitrogens with one attached hydrogen (secondary N) is 4. The molecule has 0 aromatic carbocycles. The molecule has 32 heavy (non-hydrogen) atoms. The zero-order valence-corrected chi connectivity index (χ0v) is 18.6. The molecule has 1 heterocycles. The monoisotopic (exact) mass is 471 g/mol. The van der Waals surface area contributed by atoms with E-state index in [0.29, 0.717) is 11.4 Å². The molecule has 0 aliphatic rings. The van der Waals surface area contributed by atoms with Crippen molar-refractivity contribution >= 4 is 41.4 Å². The van der Waals surface area contributed by atoms with Crippen LogP contribution < -0.4 is 27.4 Å². The third-order valence-electron chi connectivity index (χ3n) is 4.35. The largest absolute Gasteiger partial charge is 0.480 e. The van der Waals surface area contributed by atoms with Crippen LogP contribution in [0.25, 0.3) is 0 Å². The molecule has 9 N–H and O–H groups in total. The second-order valence-corrected chi connectivity index (χ2v) is 8.02. The van der Waals surface area contributed by atoms with Gasteiger partial charge in [-0.3, -0.25) is 19.2 Å². The van der Waals surface area contributed by atoms with Gasteiger partial charge >= 0.3 is 5.97 Å². The lowest BCUT2D eigenvalue weighted by atomic mass is 10.1. The quantitative estimate of drug-likeness (QED) is 0.152. The van der Waals surface area contributed by atoms with Gasteiger partial charge in [0.25, 0.3) is 0 Å². The van der Waals surface area contributed by atoms with Gasteiger partial charge in [-0.1, -0.05) is 0 Å². The highest BCUT2D eigenvalue weighted by Crippen LogP contribution is 2.03. The first kappa shape index (κ1) is 26.9. The van der Waals surface area contributed by atoms with Crippen molar-refractivity contribution in [2.24, 2.45) is 11.5 Å². The van der Waals surface area contributed by atoms with Gasteiger partial charge in [0.1, 0.15) is 18.1 Å². The molecule has 1 aromatic heterocycles. The van der Waals surface area contributed by atoms with Crippen LogP contribution in [0.3, 0.4) is 0 Å². The molecule has 1 rings (SSSR count). The second kappa shape index (κ2) is 13.3. The number of nitrogens with zero attached hydrogens (tertiary/aromatic N) is 1. The van der Waals surface area contributed by atoms with Gasteiger partial charge < -0.3 is 37.5 Å². The average molecular weight is 472 g/mol. The Kier molecular flexibility index (Phi) is 11.2. The van der Waals surface area contributed by atoms with Crippen LogP contribution in [0, 0.1) is 0 Å². The number of amides is 4. The fraction of sp³-hybridized carbons (Fsp3) is 0.556. The lowest BCUT2D eigenvalue weighted by Crippen LogP contribution is -2.57. The lowest BCUT2D eigenvalue weighted by molar-refractivity contribution is -0.142. The number of rotatable bonds is 14. The van der Waals surface area contributed by atoms with Crippen LogP contribution in [0.1, 0.15) is 25.5 Å². The van der Waals surface area contributed by atoms with E-state index in [1.54, 1.807) is 6.26 Å².